The van der Waals surface area contributed by atoms with Crippen LogP contribution >= 0.6 is 0 Å². The fourth-order valence-electron chi connectivity index (χ4n) is 3.61. The summed E-state index contributed by atoms with van der Waals surface area (Å²) in [6.45, 7) is 3.16. The summed E-state index contributed by atoms with van der Waals surface area (Å²) >= 11 is 0. The van der Waals surface area contributed by atoms with Gasteiger partial charge in [-0.15, -0.1) is 0 Å². The van der Waals surface area contributed by atoms with Gasteiger partial charge in [-0.25, -0.2) is 9.67 Å². The smallest absolute Gasteiger partial charge is 0.274 e. The molecular weight excluding hydrogens is 368 g/mol. The number of carbonyl (C=O) groups excluding carboxylic acids is 1. The van der Waals surface area contributed by atoms with Gasteiger partial charge in [0, 0.05) is 55.3 Å². The SMILES string of the molecule is Cc1cc(-c2ccc(N)nc2)cc([C@H]2CCN(C(=O)c3ccc(=O)n(C)n3)C2)n1. The Morgan fingerprint density at radius 3 is 2.72 bits per heavy atom. The number of carbonyl (C=O) groups is 1. The van der Waals surface area contributed by atoms with Crippen LogP contribution in [0.25, 0.3) is 11.1 Å². The summed E-state index contributed by atoms with van der Waals surface area (Å²) in [6, 6.07) is 10.6. The van der Waals surface area contributed by atoms with Crippen LogP contribution in [0.15, 0.2) is 47.4 Å². The highest BCUT2D eigenvalue weighted by Crippen LogP contribution is 2.30. The molecule has 3 aromatic rings. The average molecular weight is 390 g/mol. The van der Waals surface area contributed by atoms with E-state index in [-0.39, 0.29) is 23.1 Å². The van der Waals surface area contributed by atoms with Gasteiger partial charge in [0.25, 0.3) is 11.5 Å². The van der Waals surface area contributed by atoms with Crippen molar-refractivity contribution in [1.29, 1.82) is 0 Å². The van der Waals surface area contributed by atoms with Crippen molar-refractivity contribution in [3.8, 4) is 11.1 Å². The summed E-state index contributed by atoms with van der Waals surface area (Å²) in [5.41, 5.74) is 9.61. The van der Waals surface area contributed by atoms with Crippen LogP contribution in [0.4, 0.5) is 5.82 Å². The summed E-state index contributed by atoms with van der Waals surface area (Å²) < 4.78 is 1.18. The third-order valence-electron chi connectivity index (χ3n) is 5.17. The number of nitrogens with zero attached hydrogens (tertiary/aromatic N) is 5. The van der Waals surface area contributed by atoms with Crippen LogP contribution < -0.4 is 11.3 Å². The molecule has 8 nitrogen and oxygen atoms in total. The predicted molar refractivity (Wildman–Crippen MR) is 109 cm³/mol. The minimum absolute atomic E-state index is 0.145. The van der Waals surface area contributed by atoms with Crippen molar-refractivity contribution in [3.05, 3.63) is 70.0 Å². The molecule has 0 bridgehead atoms. The zero-order valence-electron chi connectivity index (χ0n) is 16.4. The van der Waals surface area contributed by atoms with Crippen LogP contribution in [0.1, 0.15) is 34.2 Å². The monoisotopic (exact) mass is 390 g/mol. The fraction of sp³-hybridized carbons (Fsp3) is 0.286. The average Bonchev–Trinajstić information content (AvgIpc) is 3.20. The Hall–Kier alpha value is -3.55. The zero-order chi connectivity index (χ0) is 20.5. The molecule has 3 aromatic heterocycles. The van der Waals surface area contributed by atoms with Gasteiger partial charge in [-0.3, -0.25) is 14.6 Å². The van der Waals surface area contributed by atoms with Crippen molar-refractivity contribution in [3.63, 3.8) is 0 Å². The Morgan fingerprint density at radius 2 is 2.00 bits per heavy atom. The topological polar surface area (TPSA) is 107 Å². The lowest BCUT2D eigenvalue weighted by molar-refractivity contribution is 0.0782. The fourth-order valence-corrected chi connectivity index (χ4v) is 3.61. The second-order valence-corrected chi connectivity index (χ2v) is 7.31. The van der Waals surface area contributed by atoms with Crippen LogP contribution in [0.5, 0.6) is 0 Å². The highest BCUT2D eigenvalue weighted by molar-refractivity contribution is 5.92. The van der Waals surface area contributed by atoms with Gasteiger partial charge >= 0.3 is 0 Å². The molecule has 0 aromatic carbocycles. The first-order valence-corrected chi connectivity index (χ1v) is 9.45. The predicted octanol–water partition coefficient (Wildman–Crippen LogP) is 1.76. The van der Waals surface area contributed by atoms with E-state index in [1.54, 1.807) is 17.2 Å². The number of hydrogen-bond donors (Lipinski definition) is 1. The number of pyridine rings is 2. The number of nitrogens with two attached hydrogens (primary N) is 1. The van der Waals surface area contributed by atoms with E-state index in [0.717, 1.165) is 28.9 Å². The van der Waals surface area contributed by atoms with Crippen molar-refractivity contribution in [2.45, 2.75) is 19.3 Å². The zero-order valence-corrected chi connectivity index (χ0v) is 16.4. The van der Waals surface area contributed by atoms with E-state index in [1.165, 1.54) is 23.9 Å². The summed E-state index contributed by atoms with van der Waals surface area (Å²) in [7, 11) is 1.54. The first kappa shape index (κ1) is 18.8. The quantitative estimate of drug-likeness (QED) is 0.730. The Morgan fingerprint density at radius 1 is 1.17 bits per heavy atom. The van der Waals surface area contributed by atoms with E-state index >= 15 is 0 Å². The minimum atomic E-state index is -0.241. The second kappa shape index (κ2) is 7.46. The van der Waals surface area contributed by atoms with Crippen LogP contribution in [0.3, 0.4) is 0 Å². The van der Waals surface area contributed by atoms with E-state index in [1.807, 2.05) is 19.1 Å². The van der Waals surface area contributed by atoms with E-state index in [0.29, 0.717) is 18.9 Å². The van der Waals surface area contributed by atoms with Gasteiger partial charge in [-0.2, -0.15) is 5.10 Å². The van der Waals surface area contributed by atoms with Gasteiger partial charge in [-0.1, -0.05) is 0 Å². The van der Waals surface area contributed by atoms with E-state index in [9.17, 15) is 9.59 Å². The maximum absolute atomic E-state index is 12.8. The molecule has 148 valence electrons. The molecule has 4 rings (SSSR count). The Balaban J connectivity index is 1.55. The molecule has 29 heavy (non-hydrogen) atoms. The lowest BCUT2D eigenvalue weighted by atomic mass is 9.99. The van der Waals surface area contributed by atoms with E-state index in [4.69, 9.17) is 10.7 Å². The largest absolute Gasteiger partial charge is 0.384 e. The van der Waals surface area contributed by atoms with Crippen LogP contribution in [0, 0.1) is 6.92 Å². The first-order chi connectivity index (χ1) is 13.9. The van der Waals surface area contributed by atoms with E-state index in [2.05, 4.69) is 16.1 Å². The summed E-state index contributed by atoms with van der Waals surface area (Å²) in [5, 5.41) is 4.07. The first-order valence-electron chi connectivity index (χ1n) is 9.45. The Labute approximate surface area is 168 Å². The molecular formula is C21H22N6O2. The highest BCUT2D eigenvalue weighted by atomic mass is 16.2. The number of anilines is 1. The van der Waals surface area contributed by atoms with Crippen molar-refractivity contribution in [2.24, 2.45) is 7.05 Å². The Bertz CT molecular complexity index is 1120. The molecule has 1 aliphatic heterocycles. The van der Waals surface area contributed by atoms with Crippen LogP contribution in [-0.4, -0.2) is 43.6 Å². The summed E-state index contributed by atoms with van der Waals surface area (Å²) in [6.07, 6.45) is 2.58. The lowest BCUT2D eigenvalue weighted by Crippen LogP contribution is -2.31. The van der Waals surface area contributed by atoms with Gasteiger partial charge in [0.05, 0.1) is 0 Å². The normalized spacial score (nSPS) is 16.2. The number of nitrogen functional groups attached to an aromatic ring is 1. The molecule has 0 saturated carbocycles. The van der Waals surface area contributed by atoms with Gasteiger partial charge in [0.1, 0.15) is 11.5 Å². The number of aryl methyl sites for hydroxylation is 2. The summed E-state index contributed by atoms with van der Waals surface area (Å²) in [5.74, 6) is 0.460. The molecule has 0 spiro atoms. The number of likely N-dealkylation sites (tertiary alicyclic amines) is 1. The van der Waals surface area contributed by atoms with Crippen molar-refractivity contribution < 1.29 is 4.79 Å². The lowest BCUT2D eigenvalue weighted by Gasteiger charge is -2.17. The van der Waals surface area contributed by atoms with E-state index < -0.39 is 0 Å². The minimum Gasteiger partial charge on any atom is -0.384 e. The van der Waals surface area contributed by atoms with Crippen molar-refractivity contribution in [1.82, 2.24) is 24.6 Å². The number of aromatic nitrogens is 4. The molecule has 0 aliphatic carbocycles. The van der Waals surface area contributed by atoms with Gasteiger partial charge < -0.3 is 10.6 Å². The molecule has 1 saturated heterocycles. The van der Waals surface area contributed by atoms with Crippen LogP contribution in [0.2, 0.25) is 0 Å². The maximum atomic E-state index is 12.8. The molecule has 0 radical (unpaired) electrons. The van der Waals surface area contributed by atoms with Crippen molar-refractivity contribution >= 4 is 11.7 Å². The third kappa shape index (κ3) is 3.87. The molecule has 2 N–H and O–H groups in total. The highest BCUT2D eigenvalue weighted by Gasteiger charge is 2.30. The molecule has 8 heteroatoms. The molecule has 1 fully saturated rings. The van der Waals surface area contributed by atoms with Crippen molar-refractivity contribution in [2.75, 3.05) is 18.8 Å². The standard InChI is InChI=1S/C21H22N6O2/c1-13-9-16(14-3-5-19(22)23-11-14)10-18(24-13)15-7-8-27(12-15)21(29)17-4-6-20(28)26(2)25-17/h3-6,9-11,15H,7-8,12H2,1-2H3,(H2,22,23)/t15-/m0/s1. The molecule has 4 heterocycles. The summed E-state index contributed by atoms with van der Waals surface area (Å²) in [4.78, 5) is 34.9. The van der Waals surface area contributed by atoms with Gasteiger partial charge in [-0.05, 0) is 49.2 Å². The molecule has 1 aliphatic rings. The second-order valence-electron chi connectivity index (χ2n) is 7.31. The van der Waals surface area contributed by atoms with Crippen LogP contribution in [-0.2, 0) is 7.05 Å². The maximum Gasteiger partial charge on any atom is 0.274 e. The number of hydrogen-bond acceptors (Lipinski definition) is 6. The molecule has 0 unspecified atom stereocenters. The third-order valence-corrected chi connectivity index (χ3v) is 5.17. The Kier molecular flexibility index (Phi) is 4.84. The van der Waals surface area contributed by atoms with Gasteiger partial charge in [0.2, 0.25) is 0 Å². The molecule has 1 atom stereocenters. The molecule has 1 amide bonds. The van der Waals surface area contributed by atoms with Gasteiger partial charge in [0.15, 0.2) is 0 Å². The number of amides is 1. The number of rotatable bonds is 3.